The van der Waals surface area contributed by atoms with Gasteiger partial charge in [0.05, 0.1) is 6.33 Å². The highest BCUT2D eigenvalue weighted by molar-refractivity contribution is 5.86. The summed E-state index contributed by atoms with van der Waals surface area (Å²) in [6.07, 6.45) is 0.510. The van der Waals surface area contributed by atoms with Crippen LogP contribution in [0.3, 0.4) is 0 Å². The second-order valence-electron chi connectivity index (χ2n) is 4.65. The molecule has 1 aromatic carbocycles. The van der Waals surface area contributed by atoms with Gasteiger partial charge in [0.2, 0.25) is 0 Å². The van der Waals surface area contributed by atoms with Crippen LogP contribution in [0.2, 0.25) is 0 Å². The molecule has 7 heteroatoms. The van der Waals surface area contributed by atoms with Gasteiger partial charge < -0.3 is 20.8 Å². The first-order valence-electron chi connectivity index (χ1n) is 6.27. The van der Waals surface area contributed by atoms with Crippen molar-refractivity contribution in [3.8, 4) is 5.75 Å². The van der Waals surface area contributed by atoms with Gasteiger partial charge in [-0.2, -0.15) is 0 Å². The molecule has 4 nitrogen and oxygen atoms in total. The maximum atomic E-state index is 12.4. The number of rotatable bonds is 4. The average molecular weight is 334 g/mol. The van der Waals surface area contributed by atoms with Crippen LogP contribution >= 0.6 is 24.8 Å². The predicted molar refractivity (Wildman–Crippen MR) is 87.1 cm³/mol. The van der Waals surface area contributed by atoms with E-state index in [1.54, 1.807) is 0 Å². The highest BCUT2D eigenvalue weighted by Crippen LogP contribution is 2.29. The minimum atomic E-state index is 0. The fourth-order valence-electron chi connectivity index (χ4n) is 2.35. The summed E-state index contributed by atoms with van der Waals surface area (Å²) in [6, 6.07) is 5.86. The van der Waals surface area contributed by atoms with Gasteiger partial charge in [0.15, 0.2) is 0 Å². The van der Waals surface area contributed by atoms with E-state index in [0.29, 0.717) is 11.9 Å². The SMILES string of the molecule is Cl.Cl.NC/C(=C/F)COc1ccc2[nH]c3c(c2c1)CNC3. The van der Waals surface area contributed by atoms with Crippen molar-refractivity contribution in [2.75, 3.05) is 13.2 Å². The Hall–Kier alpha value is -1.27. The summed E-state index contributed by atoms with van der Waals surface area (Å²) in [5, 5.41) is 4.46. The van der Waals surface area contributed by atoms with E-state index in [9.17, 15) is 4.39 Å². The molecule has 0 radical (unpaired) electrons. The molecule has 1 aliphatic rings. The number of fused-ring (bicyclic) bond motifs is 3. The van der Waals surface area contributed by atoms with Gasteiger partial charge >= 0.3 is 0 Å². The van der Waals surface area contributed by atoms with Crippen LogP contribution in [0.15, 0.2) is 30.1 Å². The standard InChI is InChI=1S/C14H16FN3O.2ClH/c15-4-9(5-16)8-19-10-1-2-13-11(3-10)12-6-17-7-14(12)18-13;;/h1-4,17-18H,5-8,16H2;2*1H/b9-4-;;. The van der Waals surface area contributed by atoms with E-state index in [1.165, 1.54) is 11.3 Å². The van der Waals surface area contributed by atoms with Crippen molar-refractivity contribution in [1.29, 1.82) is 0 Å². The van der Waals surface area contributed by atoms with Crippen molar-refractivity contribution in [2.24, 2.45) is 5.73 Å². The van der Waals surface area contributed by atoms with E-state index in [4.69, 9.17) is 10.5 Å². The smallest absolute Gasteiger partial charge is 0.120 e. The first-order valence-corrected chi connectivity index (χ1v) is 6.27. The molecule has 0 saturated carbocycles. The maximum absolute atomic E-state index is 12.4. The third kappa shape index (κ3) is 3.49. The summed E-state index contributed by atoms with van der Waals surface area (Å²) in [7, 11) is 0. The summed E-state index contributed by atoms with van der Waals surface area (Å²) in [6.45, 7) is 2.10. The Bertz CT molecular complexity index is 642. The molecule has 116 valence electrons. The number of benzene rings is 1. The molecule has 0 bridgehead atoms. The number of nitrogens with one attached hydrogen (secondary N) is 2. The number of halogens is 3. The van der Waals surface area contributed by atoms with Crippen LogP contribution in [0.5, 0.6) is 5.75 Å². The molecule has 21 heavy (non-hydrogen) atoms. The van der Waals surface area contributed by atoms with Crippen LogP contribution in [0.1, 0.15) is 11.3 Å². The first-order chi connectivity index (χ1) is 9.31. The summed E-state index contributed by atoms with van der Waals surface area (Å²) < 4.78 is 18.0. The quantitative estimate of drug-likeness (QED) is 0.806. The molecular weight excluding hydrogens is 316 g/mol. The van der Waals surface area contributed by atoms with Gasteiger partial charge in [-0.3, -0.25) is 0 Å². The molecular formula is C14H18Cl2FN3O. The van der Waals surface area contributed by atoms with Crippen LogP contribution < -0.4 is 15.8 Å². The highest BCUT2D eigenvalue weighted by atomic mass is 35.5. The Morgan fingerprint density at radius 3 is 2.86 bits per heavy atom. The van der Waals surface area contributed by atoms with Crippen LogP contribution in [0.25, 0.3) is 10.9 Å². The Morgan fingerprint density at radius 2 is 2.14 bits per heavy atom. The van der Waals surface area contributed by atoms with Gasteiger partial charge in [-0.15, -0.1) is 24.8 Å². The minimum absolute atomic E-state index is 0. The number of hydrogen-bond acceptors (Lipinski definition) is 3. The molecule has 4 N–H and O–H groups in total. The fraction of sp³-hybridized carbons (Fsp3) is 0.286. The van der Waals surface area contributed by atoms with Crippen molar-refractivity contribution in [3.63, 3.8) is 0 Å². The number of ether oxygens (including phenoxy) is 1. The van der Waals surface area contributed by atoms with E-state index in [1.807, 2.05) is 18.2 Å². The van der Waals surface area contributed by atoms with Crippen LogP contribution in [0.4, 0.5) is 4.39 Å². The second kappa shape index (κ2) is 7.66. The van der Waals surface area contributed by atoms with E-state index >= 15 is 0 Å². The maximum Gasteiger partial charge on any atom is 0.120 e. The normalized spacial score (nSPS) is 13.5. The lowest BCUT2D eigenvalue weighted by molar-refractivity contribution is 0.348. The molecule has 0 fully saturated rings. The van der Waals surface area contributed by atoms with Crippen molar-refractivity contribution < 1.29 is 9.13 Å². The zero-order chi connectivity index (χ0) is 13.2. The van der Waals surface area contributed by atoms with Gasteiger partial charge in [0.1, 0.15) is 12.4 Å². The molecule has 1 aliphatic heterocycles. The minimum Gasteiger partial charge on any atom is -0.489 e. The molecule has 3 rings (SSSR count). The van der Waals surface area contributed by atoms with Crippen LogP contribution in [0, 0.1) is 0 Å². The van der Waals surface area contributed by atoms with E-state index < -0.39 is 0 Å². The third-order valence-corrected chi connectivity index (χ3v) is 3.41. The van der Waals surface area contributed by atoms with E-state index in [-0.39, 0.29) is 38.0 Å². The van der Waals surface area contributed by atoms with Crippen molar-refractivity contribution >= 4 is 35.7 Å². The fourth-order valence-corrected chi connectivity index (χ4v) is 2.35. The lowest BCUT2D eigenvalue weighted by Crippen LogP contribution is -2.10. The Morgan fingerprint density at radius 1 is 1.33 bits per heavy atom. The van der Waals surface area contributed by atoms with E-state index in [0.717, 1.165) is 29.7 Å². The lowest BCUT2D eigenvalue weighted by atomic mass is 10.1. The molecule has 2 heterocycles. The van der Waals surface area contributed by atoms with Crippen molar-refractivity contribution in [1.82, 2.24) is 10.3 Å². The lowest BCUT2D eigenvalue weighted by Gasteiger charge is -2.07. The first kappa shape index (κ1) is 17.8. The highest BCUT2D eigenvalue weighted by Gasteiger charge is 2.16. The topological polar surface area (TPSA) is 63.1 Å². The average Bonchev–Trinajstić information content (AvgIpc) is 3.00. The molecule has 0 saturated heterocycles. The van der Waals surface area contributed by atoms with Gasteiger partial charge in [-0.05, 0) is 23.8 Å². The molecule has 0 unspecified atom stereocenters. The molecule has 0 aliphatic carbocycles. The molecule has 0 atom stereocenters. The van der Waals surface area contributed by atoms with Gasteiger partial charge in [0, 0.05) is 41.8 Å². The third-order valence-electron chi connectivity index (χ3n) is 3.41. The summed E-state index contributed by atoms with van der Waals surface area (Å²) in [4.78, 5) is 3.38. The molecule has 0 spiro atoms. The molecule has 2 aromatic rings. The predicted octanol–water partition coefficient (Wildman–Crippen LogP) is 2.81. The van der Waals surface area contributed by atoms with Crippen molar-refractivity contribution in [2.45, 2.75) is 13.1 Å². The number of nitrogens with two attached hydrogens (primary N) is 1. The second-order valence-corrected chi connectivity index (χ2v) is 4.65. The van der Waals surface area contributed by atoms with E-state index in [2.05, 4.69) is 10.3 Å². The van der Waals surface area contributed by atoms with Crippen LogP contribution in [-0.2, 0) is 13.1 Å². The van der Waals surface area contributed by atoms with Gasteiger partial charge in [-0.1, -0.05) is 0 Å². The number of hydrogen-bond donors (Lipinski definition) is 3. The van der Waals surface area contributed by atoms with Crippen molar-refractivity contribution in [3.05, 3.63) is 41.4 Å². The Kier molecular flexibility index (Phi) is 6.48. The number of H-pyrrole nitrogens is 1. The summed E-state index contributed by atoms with van der Waals surface area (Å²) in [5.74, 6) is 0.731. The van der Waals surface area contributed by atoms with Gasteiger partial charge in [-0.25, -0.2) is 4.39 Å². The summed E-state index contributed by atoms with van der Waals surface area (Å²) in [5.41, 5.74) is 9.48. The largest absolute Gasteiger partial charge is 0.489 e. The van der Waals surface area contributed by atoms with Gasteiger partial charge in [0.25, 0.3) is 0 Å². The Balaban J connectivity index is 0.00000110. The monoisotopic (exact) mass is 333 g/mol. The zero-order valence-electron chi connectivity index (χ0n) is 11.3. The molecule has 1 aromatic heterocycles. The zero-order valence-corrected chi connectivity index (χ0v) is 13.0. The summed E-state index contributed by atoms with van der Waals surface area (Å²) >= 11 is 0. The molecule has 0 amide bonds. The van der Waals surface area contributed by atoms with Crippen LogP contribution in [-0.4, -0.2) is 18.1 Å². The number of aromatic nitrogens is 1. The number of aromatic amines is 1. The Labute approximate surface area is 134 Å².